The maximum absolute atomic E-state index is 11.6. The van der Waals surface area contributed by atoms with Crippen LogP contribution in [0.5, 0.6) is 11.5 Å². The lowest BCUT2D eigenvalue weighted by atomic mass is 10.1. The van der Waals surface area contributed by atoms with Crippen molar-refractivity contribution in [3.05, 3.63) is 77.9 Å². The number of imidazole rings is 1. The Hall–Kier alpha value is -4.14. The maximum atomic E-state index is 11.6. The van der Waals surface area contributed by atoms with Crippen LogP contribution >= 0.6 is 0 Å². The number of aromatic nitrogens is 4. The van der Waals surface area contributed by atoms with E-state index in [-0.39, 0.29) is 5.82 Å². The number of hydrogen-bond acceptors (Lipinski definition) is 7. The molecule has 2 heterocycles. The number of ether oxygens (including phenoxy) is 2. The average Bonchev–Trinajstić information content (AvgIpc) is 3.28. The minimum absolute atomic E-state index is 0.296. The number of rotatable bonds is 8. The first-order chi connectivity index (χ1) is 15.1. The van der Waals surface area contributed by atoms with E-state index in [0.717, 1.165) is 22.6 Å². The van der Waals surface area contributed by atoms with E-state index in [9.17, 15) is 9.90 Å². The van der Waals surface area contributed by atoms with Gasteiger partial charge in [0.1, 0.15) is 11.5 Å². The summed E-state index contributed by atoms with van der Waals surface area (Å²) in [5, 5.41) is 13.5. The van der Waals surface area contributed by atoms with E-state index in [0.29, 0.717) is 24.6 Å². The van der Waals surface area contributed by atoms with Crippen LogP contribution in [0.2, 0.25) is 0 Å². The molecule has 158 valence electrons. The van der Waals surface area contributed by atoms with Gasteiger partial charge in [0.05, 0.1) is 14.2 Å². The van der Waals surface area contributed by atoms with Crippen molar-refractivity contribution in [3.63, 3.8) is 0 Å². The van der Waals surface area contributed by atoms with Crippen LogP contribution in [0.25, 0.3) is 5.65 Å². The average molecular weight is 419 g/mol. The highest BCUT2D eigenvalue weighted by Gasteiger charge is 2.20. The fraction of sp³-hybridized carbons (Fsp3) is 0.182. The molecule has 0 unspecified atom stereocenters. The third-order valence-electron chi connectivity index (χ3n) is 4.79. The smallest absolute Gasteiger partial charge is 0.375 e. The molecule has 4 rings (SSSR count). The van der Waals surface area contributed by atoms with Crippen molar-refractivity contribution in [1.29, 1.82) is 0 Å². The summed E-state index contributed by atoms with van der Waals surface area (Å²) >= 11 is 0. The highest BCUT2D eigenvalue weighted by atomic mass is 16.5. The molecule has 31 heavy (non-hydrogen) atoms. The maximum Gasteiger partial charge on any atom is 0.375 e. The van der Waals surface area contributed by atoms with Crippen molar-refractivity contribution in [3.8, 4) is 11.5 Å². The fourth-order valence-electron chi connectivity index (χ4n) is 3.22. The normalized spacial score (nSPS) is 10.8. The second-order valence-electron chi connectivity index (χ2n) is 6.81. The standard InChI is InChI=1S/C22H21N5O4/c1-30-17-7-3-15(4-8-17)13-26(14-16-5-9-18(31-2)10-6-16)21-20-23-11-12-27(20)25-19(24-21)22(28)29/h3-12H,13-14H2,1-2H3,(H,28,29). The molecule has 0 spiro atoms. The first kappa shape index (κ1) is 20.1. The highest BCUT2D eigenvalue weighted by Crippen LogP contribution is 2.24. The molecule has 0 aliphatic heterocycles. The Morgan fingerprint density at radius 1 is 0.968 bits per heavy atom. The molecule has 2 aromatic heterocycles. The molecule has 2 aromatic carbocycles. The number of hydrogen-bond donors (Lipinski definition) is 1. The van der Waals surface area contributed by atoms with Gasteiger partial charge in [-0.15, -0.1) is 5.10 Å². The molecule has 0 radical (unpaired) electrons. The molecule has 1 N–H and O–H groups in total. The first-order valence-electron chi connectivity index (χ1n) is 9.53. The van der Waals surface area contributed by atoms with Crippen LogP contribution in [0.3, 0.4) is 0 Å². The Balaban J connectivity index is 1.76. The third-order valence-corrected chi connectivity index (χ3v) is 4.79. The van der Waals surface area contributed by atoms with Crippen molar-refractivity contribution >= 4 is 17.4 Å². The van der Waals surface area contributed by atoms with E-state index < -0.39 is 5.97 Å². The zero-order valence-corrected chi connectivity index (χ0v) is 17.1. The number of carbonyl (C=O) groups is 1. The van der Waals surface area contributed by atoms with Gasteiger partial charge >= 0.3 is 5.97 Å². The predicted molar refractivity (Wildman–Crippen MR) is 114 cm³/mol. The Morgan fingerprint density at radius 2 is 1.52 bits per heavy atom. The van der Waals surface area contributed by atoms with Gasteiger partial charge < -0.3 is 19.5 Å². The fourth-order valence-corrected chi connectivity index (χ4v) is 3.22. The van der Waals surface area contributed by atoms with Crippen molar-refractivity contribution < 1.29 is 19.4 Å². The molecular weight excluding hydrogens is 398 g/mol. The summed E-state index contributed by atoms with van der Waals surface area (Å²) in [6, 6.07) is 15.4. The second-order valence-corrected chi connectivity index (χ2v) is 6.81. The van der Waals surface area contributed by atoms with E-state index in [1.165, 1.54) is 4.52 Å². The van der Waals surface area contributed by atoms with Gasteiger partial charge in [-0.2, -0.15) is 4.98 Å². The summed E-state index contributed by atoms with van der Waals surface area (Å²) in [5.74, 6) is 0.456. The van der Waals surface area contributed by atoms with Crippen LogP contribution in [-0.2, 0) is 13.1 Å². The van der Waals surface area contributed by atoms with Crippen LogP contribution in [0.1, 0.15) is 21.7 Å². The Morgan fingerprint density at radius 3 is 2.00 bits per heavy atom. The minimum Gasteiger partial charge on any atom is -0.497 e. The van der Waals surface area contributed by atoms with Gasteiger partial charge in [0.25, 0.3) is 5.82 Å². The third kappa shape index (κ3) is 4.40. The van der Waals surface area contributed by atoms with E-state index in [4.69, 9.17) is 9.47 Å². The molecule has 0 fully saturated rings. The van der Waals surface area contributed by atoms with Crippen LogP contribution < -0.4 is 14.4 Å². The van der Waals surface area contributed by atoms with Crippen molar-refractivity contribution in [1.82, 2.24) is 19.6 Å². The molecule has 9 nitrogen and oxygen atoms in total. The first-order valence-corrected chi connectivity index (χ1v) is 9.53. The molecule has 0 bridgehead atoms. The van der Waals surface area contributed by atoms with Crippen LogP contribution in [-0.4, -0.2) is 44.9 Å². The highest BCUT2D eigenvalue weighted by molar-refractivity contribution is 5.84. The molecule has 0 saturated heterocycles. The Kier molecular flexibility index (Phi) is 5.65. The monoisotopic (exact) mass is 419 g/mol. The van der Waals surface area contributed by atoms with Gasteiger partial charge in [0, 0.05) is 25.5 Å². The topological polar surface area (TPSA) is 102 Å². The van der Waals surface area contributed by atoms with Gasteiger partial charge in [0.15, 0.2) is 11.5 Å². The summed E-state index contributed by atoms with van der Waals surface area (Å²) in [5.41, 5.74) is 2.50. The zero-order chi connectivity index (χ0) is 21.8. The second kappa shape index (κ2) is 8.70. The predicted octanol–water partition coefficient (Wildman–Crippen LogP) is 3.05. The summed E-state index contributed by atoms with van der Waals surface area (Å²) in [4.78, 5) is 22.2. The van der Waals surface area contributed by atoms with Gasteiger partial charge in [-0.05, 0) is 35.4 Å². The van der Waals surface area contributed by atoms with Crippen molar-refractivity contribution in [2.45, 2.75) is 13.1 Å². The van der Waals surface area contributed by atoms with Crippen LogP contribution in [0, 0.1) is 0 Å². The number of anilines is 1. The van der Waals surface area contributed by atoms with Crippen molar-refractivity contribution in [2.24, 2.45) is 0 Å². The minimum atomic E-state index is -1.20. The van der Waals surface area contributed by atoms with Crippen molar-refractivity contribution in [2.75, 3.05) is 19.1 Å². The molecule has 9 heteroatoms. The summed E-state index contributed by atoms with van der Waals surface area (Å²) in [7, 11) is 3.24. The summed E-state index contributed by atoms with van der Waals surface area (Å²) in [6.45, 7) is 0.962. The van der Waals surface area contributed by atoms with E-state index >= 15 is 0 Å². The summed E-state index contributed by atoms with van der Waals surface area (Å²) in [6.07, 6.45) is 3.17. The van der Waals surface area contributed by atoms with Gasteiger partial charge in [-0.3, -0.25) is 0 Å². The largest absolute Gasteiger partial charge is 0.497 e. The number of nitrogens with zero attached hydrogens (tertiary/aromatic N) is 5. The van der Waals surface area contributed by atoms with Crippen LogP contribution in [0.15, 0.2) is 60.9 Å². The summed E-state index contributed by atoms with van der Waals surface area (Å²) < 4.78 is 11.9. The molecule has 0 aliphatic carbocycles. The van der Waals surface area contributed by atoms with E-state index in [1.807, 2.05) is 53.4 Å². The number of carboxylic acids is 1. The molecule has 4 aromatic rings. The number of methoxy groups -OCH3 is 2. The van der Waals surface area contributed by atoms with E-state index in [1.54, 1.807) is 26.6 Å². The van der Waals surface area contributed by atoms with Gasteiger partial charge in [0.2, 0.25) is 0 Å². The van der Waals surface area contributed by atoms with Gasteiger partial charge in [-0.1, -0.05) is 24.3 Å². The molecule has 0 atom stereocenters. The lowest BCUT2D eigenvalue weighted by Crippen LogP contribution is -2.25. The number of aromatic carboxylic acids is 1. The quantitative estimate of drug-likeness (QED) is 0.465. The number of carboxylic acid groups (broad SMARTS) is 1. The lowest BCUT2D eigenvalue weighted by molar-refractivity contribution is 0.0681. The number of benzene rings is 2. The Bertz CT molecular complexity index is 1140. The SMILES string of the molecule is COc1ccc(CN(Cc2ccc(OC)cc2)c2nc(C(=O)O)nn3ccnc23)cc1. The Labute approximate surface area is 178 Å². The zero-order valence-electron chi connectivity index (χ0n) is 17.1. The molecular formula is C22H21N5O4. The number of fused-ring (bicyclic) bond motifs is 1. The molecule has 0 amide bonds. The molecule has 0 aliphatic rings. The molecule has 0 saturated carbocycles. The van der Waals surface area contributed by atoms with Gasteiger partial charge in [-0.25, -0.2) is 14.3 Å². The van der Waals surface area contributed by atoms with E-state index in [2.05, 4.69) is 15.1 Å². The lowest BCUT2D eigenvalue weighted by Gasteiger charge is -2.24. The van der Waals surface area contributed by atoms with Crippen LogP contribution in [0.4, 0.5) is 5.82 Å².